The molecule has 214 valence electrons. The van der Waals surface area contributed by atoms with Crippen LogP contribution < -0.4 is 14.4 Å². The third kappa shape index (κ3) is 6.77. The van der Waals surface area contributed by atoms with Gasteiger partial charge in [-0.05, 0) is 74.4 Å². The largest absolute Gasteiger partial charge is 0.495 e. The molecule has 0 unspecified atom stereocenters. The molecule has 1 heterocycles. The van der Waals surface area contributed by atoms with Crippen LogP contribution in [0, 0.1) is 6.92 Å². The number of nitrogens with zero attached hydrogens (tertiary/aromatic N) is 2. The second-order valence-electron chi connectivity index (χ2n) is 9.53. The van der Waals surface area contributed by atoms with E-state index >= 15 is 0 Å². The smallest absolute Gasteiger partial charge is 0.264 e. The van der Waals surface area contributed by atoms with E-state index in [0.717, 1.165) is 35.6 Å². The lowest BCUT2D eigenvalue weighted by molar-refractivity contribution is -0.114. The van der Waals surface area contributed by atoms with E-state index in [4.69, 9.17) is 16.3 Å². The van der Waals surface area contributed by atoms with Crippen LogP contribution in [0.5, 0.6) is 5.75 Å². The number of methoxy groups -OCH3 is 1. The predicted molar refractivity (Wildman–Crippen MR) is 156 cm³/mol. The fourth-order valence-electron chi connectivity index (χ4n) is 4.47. The summed E-state index contributed by atoms with van der Waals surface area (Å²) < 4.78 is 61.4. The minimum Gasteiger partial charge on any atom is -0.495 e. The van der Waals surface area contributed by atoms with Gasteiger partial charge in [-0.25, -0.2) is 16.8 Å². The lowest BCUT2D eigenvalue weighted by Gasteiger charge is -2.26. The zero-order chi connectivity index (χ0) is 28.9. The third-order valence-electron chi connectivity index (χ3n) is 6.65. The van der Waals surface area contributed by atoms with Gasteiger partial charge in [-0.3, -0.25) is 9.10 Å². The average Bonchev–Trinajstić information content (AvgIpc) is 3.23. The van der Waals surface area contributed by atoms with Gasteiger partial charge < -0.3 is 10.1 Å². The number of rotatable bonds is 9. The Kier molecular flexibility index (Phi) is 9.40. The van der Waals surface area contributed by atoms with Crippen molar-refractivity contribution in [3.63, 3.8) is 0 Å². The number of ether oxygens (including phenoxy) is 1. The summed E-state index contributed by atoms with van der Waals surface area (Å²) in [4.78, 5) is 13.3. The summed E-state index contributed by atoms with van der Waals surface area (Å²) in [5.74, 6) is -0.420. The Morgan fingerprint density at radius 3 is 2.10 bits per heavy atom. The number of carbonyl (C=O) groups excluding carboxylic acids is 1. The molecule has 0 saturated carbocycles. The van der Waals surface area contributed by atoms with Gasteiger partial charge in [-0.1, -0.05) is 42.1 Å². The van der Waals surface area contributed by atoms with E-state index in [1.165, 1.54) is 59.9 Å². The van der Waals surface area contributed by atoms with Crippen LogP contribution in [-0.4, -0.2) is 53.8 Å². The van der Waals surface area contributed by atoms with Crippen molar-refractivity contribution < 1.29 is 26.4 Å². The molecule has 0 radical (unpaired) electrons. The van der Waals surface area contributed by atoms with Crippen molar-refractivity contribution in [2.45, 2.75) is 42.4 Å². The zero-order valence-electron chi connectivity index (χ0n) is 22.3. The van der Waals surface area contributed by atoms with Crippen LogP contribution in [0.2, 0.25) is 5.02 Å². The number of halogens is 1. The van der Waals surface area contributed by atoms with Crippen LogP contribution in [0.3, 0.4) is 0 Å². The Morgan fingerprint density at radius 2 is 1.50 bits per heavy atom. The first-order valence-electron chi connectivity index (χ1n) is 12.9. The molecule has 0 bridgehead atoms. The van der Waals surface area contributed by atoms with Crippen LogP contribution in [-0.2, 0) is 24.8 Å². The van der Waals surface area contributed by atoms with Gasteiger partial charge >= 0.3 is 0 Å². The van der Waals surface area contributed by atoms with Gasteiger partial charge in [0.2, 0.25) is 15.9 Å². The molecule has 40 heavy (non-hydrogen) atoms. The van der Waals surface area contributed by atoms with Crippen molar-refractivity contribution in [1.29, 1.82) is 0 Å². The molecule has 4 rings (SSSR count). The summed E-state index contributed by atoms with van der Waals surface area (Å²) in [5, 5.41) is 2.93. The number of hydrogen-bond acceptors (Lipinski definition) is 6. The van der Waals surface area contributed by atoms with E-state index in [9.17, 15) is 21.6 Å². The van der Waals surface area contributed by atoms with Crippen molar-refractivity contribution in [2.24, 2.45) is 0 Å². The second kappa shape index (κ2) is 12.6. The maximum absolute atomic E-state index is 13.7. The number of benzene rings is 3. The monoisotopic (exact) mass is 605 g/mol. The Balaban J connectivity index is 1.59. The minimum absolute atomic E-state index is 0.00370. The molecule has 1 saturated heterocycles. The van der Waals surface area contributed by atoms with Gasteiger partial charge in [0.1, 0.15) is 12.3 Å². The standard InChI is InChI=1S/C28H32ClN3O6S2/c1-21-7-12-25(13-8-21)40(36,37)32(26-19-22(29)9-16-27(26)38-2)20-28(33)30-23-10-14-24(15-11-23)39(34,35)31-17-5-3-4-6-18-31/h7-16,19H,3-6,17-18,20H2,1-2H3,(H,30,33). The van der Waals surface area contributed by atoms with Crippen molar-refractivity contribution in [2.75, 3.05) is 36.4 Å². The van der Waals surface area contributed by atoms with Crippen molar-refractivity contribution in [3.05, 3.63) is 77.3 Å². The molecule has 1 amide bonds. The topological polar surface area (TPSA) is 113 Å². The Labute approximate surface area is 240 Å². The first-order valence-corrected chi connectivity index (χ1v) is 16.1. The average molecular weight is 606 g/mol. The lowest BCUT2D eigenvalue weighted by atomic mass is 10.2. The van der Waals surface area contributed by atoms with E-state index < -0.39 is 32.5 Å². The van der Waals surface area contributed by atoms with Gasteiger partial charge in [-0.2, -0.15) is 4.31 Å². The first kappa shape index (κ1) is 29.9. The molecule has 1 aliphatic rings. The van der Waals surface area contributed by atoms with Crippen molar-refractivity contribution >= 4 is 48.9 Å². The summed E-state index contributed by atoms with van der Waals surface area (Å²) in [5.41, 5.74) is 1.31. The maximum Gasteiger partial charge on any atom is 0.264 e. The number of anilines is 2. The van der Waals surface area contributed by atoms with E-state index in [1.807, 2.05) is 6.92 Å². The number of aryl methyl sites for hydroxylation is 1. The number of amides is 1. The van der Waals surface area contributed by atoms with Crippen LogP contribution in [0.15, 0.2) is 76.5 Å². The summed E-state index contributed by atoms with van der Waals surface area (Å²) in [6.45, 7) is 2.23. The van der Waals surface area contributed by atoms with Crippen LogP contribution in [0.25, 0.3) is 0 Å². The highest BCUT2D eigenvalue weighted by Gasteiger charge is 2.30. The highest BCUT2D eigenvalue weighted by Crippen LogP contribution is 2.35. The fourth-order valence-corrected chi connectivity index (χ4v) is 7.57. The third-order valence-corrected chi connectivity index (χ3v) is 10.6. The van der Waals surface area contributed by atoms with Crippen molar-refractivity contribution in [3.8, 4) is 5.75 Å². The van der Waals surface area contributed by atoms with Gasteiger partial charge in [0.05, 0.1) is 22.6 Å². The second-order valence-corrected chi connectivity index (χ2v) is 13.8. The maximum atomic E-state index is 13.7. The molecule has 9 nitrogen and oxygen atoms in total. The molecule has 3 aromatic rings. The molecule has 0 aliphatic carbocycles. The molecule has 12 heteroatoms. The summed E-state index contributed by atoms with van der Waals surface area (Å²) in [6.07, 6.45) is 3.67. The molecule has 0 atom stereocenters. The molecule has 1 fully saturated rings. The van der Waals surface area contributed by atoms with E-state index in [-0.39, 0.29) is 26.3 Å². The molecule has 1 aliphatic heterocycles. The highest BCUT2D eigenvalue weighted by atomic mass is 35.5. The summed E-state index contributed by atoms with van der Waals surface area (Å²) in [7, 11) is -6.45. The number of hydrogen-bond donors (Lipinski definition) is 1. The van der Waals surface area contributed by atoms with Crippen LogP contribution >= 0.6 is 11.6 Å². The quantitative estimate of drug-likeness (QED) is 0.365. The normalized spacial score (nSPS) is 14.8. The molecule has 3 aromatic carbocycles. The molecular weight excluding hydrogens is 574 g/mol. The van der Waals surface area contributed by atoms with E-state index in [1.54, 1.807) is 18.2 Å². The van der Waals surface area contributed by atoms with E-state index in [2.05, 4.69) is 5.32 Å². The van der Waals surface area contributed by atoms with Gasteiger partial charge in [0, 0.05) is 23.8 Å². The van der Waals surface area contributed by atoms with E-state index in [0.29, 0.717) is 18.8 Å². The number of sulfonamides is 2. The lowest BCUT2D eigenvalue weighted by Crippen LogP contribution is -2.38. The number of carbonyl (C=O) groups is 1. The van der Waals surface area contributed by atoms with Gasteiger partial charge in [-0.15, -0.1) is 0 Å². The Hall–Kier alpha value is -3.12. The molecule has 1 N–H and O–H groups in total. The molecule has 0 spiro atoms. The SMILES string of the molecule is COc1ccc(Cl)cc1N(CC(=O)Nc1ccc(S(=O)(=O)N2CCCCCC2)cc1)S(=O)(=O)c1ccc(C)cc1. The van der Waals surface area contributed by atoms with Crippen LogP contribution in [0.4, 0.5) is 11.4 Å². The first-order chi connectivity index (χ1) is 19.0. The van der Waals surface area contributed by atoms with Crippen molar-refractivity contribution in [1.82, 2.24) is 4.31 Å². The minimum atomic E-state index is -4.20. The zero-order valence-corrected chi connectivity index (χ0v) is 24.7. The Morgan fingerprint density at radius 1 is 0.900 bits per heavy atom. The summed E-state index contributed by atoms with van der Waals surface area (Å²) >= 11 is 6.19. The van der Waals surface area contributed by atoms with Gasteiger partial charge in [0.25, 0.3) is 10.0 Å². The van der Waals surface area contributed by atoms with Gasteiger partial charge in [0.15, 0.2) is 0 Å². The fraction of sp³-hybridized carbons (Fsp3) is 0.321. The molecule has 0 aromatic heterocycles. The Bertz CT molecular complexity index is 1550. The summed E-state index contributed by atoms with van der Waals surface area (Å²) in [6, 6.07) is 16.6. The molecular formula is C28H32ClN3O6S2. The predicted octanol–water partition coefficient (Wildman–Crippen LogP) is 5.06. The number of nitrogens with one attached hydrogen (secondary N) is 1. The van der Waals surface area contributed by atoms with Crippen LogP contribution in [0.1, 0.15) is 31.2 Å². The highest BCUT2D eigenvalue weighted by molar-refractivity contribution is 7.93.